The maximum Gasteiger partial charge on any atom is 0.00922 e. The summed E-state index contributed by atoms with van der Waals surface area (Å²) in [6.45, 7) is 8.35. The first-order chi connectivity index (χ1) is 7.99. The highest BCUT2D eigenvalue weighted by atomic mass is 15.1. The van der Waals surface area contributed by atoms with Crippen LogP contribution in [0.25, 0.3) is 0 Å². The van der Waals surface area contributed by atoms with E-state index in [0.717, 1.165) is 6.04 Å². The van der Waals surface area contributed by atoms with Gasteiger partial charge in [0.25, 0.3) is 0 Å². The first-order valence-corrected chi connectivity index (χ1v) is 7.69. The predicted octanol–water partition coefficient (Wildman–Crippen LogP) is 4.86. The Morgan fingerprint density at radius 1 is 0.941 bits per heavy atom. The van der Waals surface area contributed by atoms with Crippen molar-refractivity contribution < 1.29 is 0 Å². The number of hydrogen-bond donors (Lipinski definition) is 0. The minimum absolute atomic E-state index is 0.515. The third-order valence-corrected chi connectivity index (χ3v) is 4.14. The summed E-state index contributed by atoms with van der Waals surface area (Å²) in [6, 6.07) is 0.882. The van der Waals surface area contributed by atoms with Crippen molar-refractivity contribution in [2.24, 2.45) is 5.41 Å². The Morgan fingerprint density at radius 3 is 2.06 bits per heavy atom. The Labute approximate surface area is 109 Å². The van der Waals surface area contributed by atoms with E-state index in [1.165, 1.54) is 64.3 Å². The van der Waals surface area contributed by atoms with E-state index < -0.39 is 0 Å². The second-order valence-electron chi connectivity index (χ2n) is 7.14. The van der Waals surface area contributed by atoms with Gasteiger partial charge < -0.3 is 4.90 Å². The van der Waals surface area contributed by atoms with Gasteiger partial charge in [-0.1, -0.05) is 52.9 Å². The van der Waals surface area contributed by atoms with Crippen molar-refractivity contribution in [3.05, 3.63) is 0 Å². The third kappa shape index (κ3) is 7.08. The lowest BCUT2D eigenvalue weighted by molar-refractivity contribution is 0.212. The lowest BCUT2D eigenvalue weighted by atomic mass is 9.90. The van der Waals surface area contributed by atoms with Crippen LogP contribution in [-0.2, 0) is 0 Å². The first-order valence-electron chi connectivity index (χ1n) is 7.69. The summed E-state index contributed by atoms with van der Waals surface area (Å²) in [5.74, 6) is 0. The Morgan fingerprint density at radius 2 is 1.53 bits per heavy atom. The minimum atomic E-state index is 0.515. The molecule has 0 radical (unpaired) electrons. The zero-order valence-corrected chi connectivity index (χ0v) is 12.6. The number of nitrogens with zero attached hydrogens (tertiary/aromatic N) is 1. The molecule has 0 amide bonds. The molecule has 0 aromatic heterocycles. The van der Waals surface area contributed by atoms with Crippen LogP contribution in [-0.4, -0.2) is 24.5 Å². The van der Waals surface area contributed by atoms with Crippen LogP contribution in [0.4, 0.5) is 0 Å². The van der Waals surface area contributed by atoms with Crippen LogP contribution in [0.2, 0.25) is 0 Å². The molecule has 1 fully saturated rings. The summed E-state index contributed by atoms with van der Waals surface area (Å²) in [7, 11) is 2.34. The number of hydrogen-bond acceptors (Lipinski definition) is 1. The molecule has 1 aliphatic carbocycles. The largest absolute Gasteiger partial charge is 0.303 e. The lowest BCUT2D eigenvalue weighted by Crippen LogP contribution is -2.32. The second-order valence-corrected chi connectivity index (χ2v) is 7.14. The van der Waals surface area contributed by atoms with E-state index in [4.69, 9.17) is 0 Å². The SMILES string of the molecule is CN(CCCCC(C)(C)C)C1CCCCCC1. The third-order valence-electron chi connectivity index (χ3n) is 4.14. The molecule has 0 atom stereocenters. The normalized spacial score (nSPS) is 19.6. The summed E-state index contributed by atoms with van der Waals surface area (Å²) in [6.07, 6.45) is 12.9. The molecule has 0 aliphatic heterocycles. The van der Waals surface area contributed by atoms with Crippen molar-refractivity contribution in [3.63, 3.8) is 0 Å². The van der Waals surface area contributed by atoms with Gasteiger partial charge in [-0.05, 0) is 44.7 Å². The standard InChI is InChI=1S/C16H33N/c1-16(2,3)13-9-10-14-17(4)15-11-7-5-6-8-12-15/h15H,5-14H2,1-4H3. The van der Waals surface area contributed by atoms with Gasteiger partial charge in [-0.2, -0.15) is 0 Å². The van der Waals surface area contributed by atoms with Crippen LogP contribution in [0.15, 0.2) is 0 Å². The van der Waals surface area contributed by atoms with Crippen LogP contribution in [0.5, 0.6) is 0 Å². The van der Waals surface area contributed by atoms with E-state index in [0.29, 0.717) is 5.41 Å². The van der Waals surface area contributed by atoms with Crippen molar-refractivity contribution in [2.45, 2.75) is 84.6 Å². The fourth-order valence-corrected chi connectivity index (χ4v) is 2.90. The minimum Gasteiger partial charge on any atom is -0.303 e. The molecule has 17 heavy (non-hydrogen) atoms. The fourth-order valence-electron chi connectivity index (χ4n) is 2.90. The second kappa shape index (κ2) is 7.41. The molecule has 0 saturated heterocycles. The van der Waals surface area contributed by atoms with Gasteiger partial charge in [0.2, 0.25) is 0 Å². The van der Waals surface area contributed by atoms with Gasteiger partial charge in [0, 0.05) is 6.04 Å². The quantitative estimate of drug-likeness (QED) is 0.489. The molecular weight excluding hydrogens is 206 g/mol. The van der Waals surface area contributed by atoms with Crippen LogP contribution in [0.3, 0.4) is 0 Å². The Hall–Kier alpha value is -0.0400. The summed E-state index contributed by atoms with van der Waals surface area (Å²) < 4.78 is 0. The maximum atomic E-state index is 2.63. The predicted molar refractivity (Wildman–Crippen MR) is 77.4 cm³/mol. The monoisotopic (exact) mass is 239 g/mol. The molecule has 0 N–H and O–H groups in total. The average molecular weight is 239 g/mol. The summed E-state index contributed by atoms with van der Waals surface area (Å²) in [5.41, 5.74) is 0.515. The van der Waals surface area contributed by atoms with Gasteiger partial charge in [0.1, 0.15) is 0 Å². The molecule has 0 bridgehead atoms. The van der Waals surface area contributed by atoms with Crippen molar-refractivity contribution in [2.75, 3.05) is 13.6 Å². The van der Waals surface area contributed by atoms with Crippen LogP contribution in [0.1, 0.15) is 78.6 Å². The van der Waals surface area contributed by atoms with Crippen LogP contribution >= 0.6 is 0 Å². The van der Waals surface area contributed by atoms with E-state index in [9.17, 15) is 0 Å². The molecule has 1 rings (SSSR count). The molecule has 0 spiro atoms. The highest BCUT2D eigenvalue weighted by molar-refractivity contribution is 4.72. The van der Waals surface area contributed by atoms with Gasteiger partial charge in [-0.15, -0.1) is 0 Å². The fraction of sp³-hybridized carbons (Fsp3) is 1.00. The van der Waals surface area contributed by atoms with Crippen molar-refractivity contribution in [1.82, 2.24) is 4.90 Å². The van der Waals surface area contributed by atoms with Crippen LogP contribution in [0, 0.1) is 5.41 Å². The molecular formula is C16H33N. The molecule has 102 valence electrons. The molecule has 0 unspecified atom stereocenters. The van der Waals surface area contributed by atoms with Gasteiger partial charge in [-0.25, -0.2) is 0 Å². The Balaban J connectivity index is 2.13. The zero-order valence-electron chi connectivity index (χ0n) is 12.6. The zero-order chi connectivity index (χ0) is 12.7. The van der Waals surface area contributed by atoms with Crippen molar-refractivity contribution in [1.29, 1.82) is 0 Å². The number of unbranched alkanes of at least 4 members (excludes halogenated alkanes) is 1. The average Bonchev–Trinajstić information content (AvgIpc) is 2.51. The number of rotatable bonds is 5. The van der Waals surface area contributed by atoms with Crippen LogP contribution < -0.4 is 0 Å². The lowest BCUT2D eigenvalue weighted by Gasteiger charge is -2.27. The van der Waals surface area contributed by atoms with Gasteiger partial charge in [0.15, 0.2) is 0 Å². The molecule has 0 aromatic carbocycles. The van der Waals surface area contributed by atoms with E-state index in [1.54, 1.807) is 0 Å². The van der Waals surface area contributed by atoms with E-state index >= 15 is 0 Å². The highest BCUT2D eigenvalue weighted by Gasteiger charge is 2.16. The van der Waals surface area contributed by atoms with Crippen molar-refractivity contribution in [3.8, 4) is 0 Å². The first kappa shape index (κ1) is 15.0. The van der Waals surface area contributed by atoms with Gasteiger partial charge >= 0.3 is 0 Å². The summed E-state index contributed by atoms with van der Waals surface area (Å²) in [5, 5.41) is 0. The highest BCUT2D eigenvalue weighted by Crippen LogP contribution is 2.23. The van der Waals surface area contributed by atoms with E-state index in [1.807, 2.05) is 0 Å². The van der Waals surface area contributed by atoms with Gasteiger partial charge in [-0.3, -0.25) is 0 Å². The summed E-state index contributed by atoms with van der Waals surface area (Å²) in [4.78, 5) is 2.63. The molecule has 1 heteroatoms. The topological polar surface area (TPSA) is 3.24 Å². The van der Waals surface area contributed by atoms with Crippen molar-refractivity contribution >= 4 is 0 Å². The molecule has 1 saturated carbocycles. The Kier molecular flexibility index (Phi) is 6.54. The van der Waals surface area contributed by atoms with Gasteiger partial charge in [0.05, 0.1) is 0 Å². The summed E-state index contributed by atoms with van der Waals surface area (Å²) >= 11 is 0. The smallest absolute Gasteiger partial charge is 0.00922 e. The molecule has 0 heterocycles. The van der Waals surface area contributed by atoms with E-state index in [2.05, 4.69) is 32.7 Å². The molecule has 0 aromatic rings. The maximum absolute atomic E-state index is 2.63. The Bertz CT molecular complexity index is 184. The molecule has 1 aliphatic rings. The molecule has 1 nitrogen and oxygen atoms in total. The van der Waals surface area contributed by atoms with E-state index in [-0.39, 0.29) is 0 Å².